The minimum atomic E-state index is -0.489. The summed E-state index contributed by atoms with van der Waals surface area (Å²) in [5.74, 6) is 0.258. The SMILES string of the molecule is Cc1ccc(C(=O)NCc2nc(-c3ccsc3)no2)c(=O)[nH]1. The van der Waals surface area contributed by atoms with Crippen LogP contribution in [-0.4, -0.2) is 21.0 Å². The summed E-state index contributed by atoms with van der Waals surface area (Å²) in [4.78, 5) is 30.4. The first-order chi connectivity index (χ1) is 10.6. The zero-order chi connectivity index (χ0) is 15.5. The highest BCUT2D eigenvalue weighted by Gasteiger charge is 2.13. The zero-order valence-electron chi connectivity index (χ0n) is 11.6. The molecule has 0 saturated carbocycles. The van der Waals surface area contributed by atoms with Gasteiger partial charge in [0.1, 0.15) is 5.56 Å². The first-order valence-corrected chi connectivity index (χ1v) is 7.41. The van der Waals surface area contributed by atoms with E-state index >= 15 is 0 Å². The summed E-state index contributed by atoms with van der Waals surface area (Å²) in [7, 11) is 0. The second kappa shape index (κ2) is 5.94. The summed E-state index contributed by atoms with van der Waals surface area (Å²) in [6, 6.07) is 5.02. The average molecular weight is 316 g/mol. The smallest absolute Gasteiger partial charge is 0.260 e. The molecule has 0 saturated heterocycles. The van der Waals surface area contributed by atoms with Crippen LogP contribution in [0.4, 0.5) is 0 Å². The number of rotatable bonds is 4. The number of aryl methyl sites for hydroxylation is 1. The number of amides is 1. The molecule has 3 aromatic heterocycles. The molecule has 2 N–H and O–H groups in total. The van der Waals surface area contributed by atoms with Crippen molar-refractivity contribution in [3.8, 4) is 11.4 Å². The molecule has 0 aliphatic heterocycles. The summed E-state index contributed by atoms with van der Waals surface area (Å²) >= 11 is 1.53. The molecule has 7 nitrogen and oxygen atoms in total. The molecule has 22 heavy (non-hydrogen) atoms. The fraction of sp³-hybridized carbons (Fsp3) is 0.143. The minimum absolute atomic E-state index is 0.0446. The third-order valence-electron chi connectivity index (χ3n) is 2.95. The average Bonchev–Trinajstić information content (AvgIpc) is 3.16. The molecule has 3 rings (SSSR count). The quantitative estimate of drug-likeness (QED) is 0.763. The number of H-pyrrole nitrogens is 1. The van der Waals surface area contributed by atoms with Crippen LogP contribution in [0.2, 0.25) is 0 Å². The van der Waals surface area contributed by atoms with E-state index in [1.54, 1.807) is 13.0 Å². The normalized spacial score (nSPS) is 10.6. The lowest BCUT2D eigenvalue weighted by Crippen LogP contribution is -2.29. The van der Waals surface area contributed by atoms with Gasteiger partial charge in [-0.15, -0.1) is 0 Å². The molecule has 0 spiro atoms. The van der Waals surface area contributed by atoms with Crippen LogP contribution >= 0.6 is 11.3 Å². The highest BCUT2D eigenvalue weighted by Crippen LogP contribution is 2.18. The van der Waals surface area contributed by atoms with E-state index in [9.17, 15) is 9.59 Å². The number of hydrogen-bond donors (Lipinski definition) is 2. The van der Waals surface area contributed by atoms with Crippen LogP contribution in [0.25, 0.3) is 11.4 Å². The van der Waals surface area contributed by atoms with Crippen molar-refractivity contribution in [2.45, 2.75) is 13.5 Å². The maximum Gasteiger partial charge on any atom is 0.260 e. The van der Waals surface area contributed by atoms with Crippen molar-refractivity contribution in [3.05, 3.63) is 56.5 Å². The summed E-state index contributed by atoms with van der Waals surface area (Å²) in [5, 5.41) is 10.2. The molecule has 0 fully saturated rings. The van der Waals surface area contributed by atoms with Crippen LogP contribution in [0.3, 0.4) is 0 Å². The number of carbonyl (C=O) groups is 1. The topological polar surface area (TPSA) is 101 Å². The van der Waals surface area contributed by atoms with Crippen molar-refractivity contribution in [1.82, 2.24) is 20.4 Å². The molecule has 0 bridgehead atoms. The second-order valence-corrected chi connectivity index (χ2v) is 5.37. The highest BCUT2D eigenvalue weighted by molar-refractivity contribution is 7.08. The number of carbonyl (C=O) groups excluding carboxylic acids is 1. The van der Waals surface area contributed by atoms with Crippen molar-refractivity contribution < 1.29 is 9.32 Å². The van der Waals surface area contributed by atoms with Crippen molar-refractivity contribution in [1.29, 1.82) is 0 Å². The van der Waals surface area contributed by atoms with Gasteiger partial charge in [-0.05, 0) is 30.5 Å². The van der Waals surface area contributed by atoms with Crippen LogP contribution in [0, 0.1) is 6.92 Å². The van der Waals surface area contributed by atoms with Gasteiger partial charge in [-0.25, -0.2) is 0 Å². The van der Waals surface area contributed by atoms with E-state index in [2.05, 4.69) is 20.4 Å². The minimum Gasteiger partial charge on any atom is -0.343 e. The second-order valence-electron chi connectivity index (χ2n) is 4.59. The van der Waals surface area contributed by atoms with E-state index < -0.39 is 11.5 Å². The van der Waals surface area contributed by atoms with Gasteiger partial charge in [0, 0.05) is 16.6 Å². The Morgan fingerprint density at radius 3 is 3.00 bits per heavy atom. The predicted octanol–water partition coefficient (Wildman–Crippen LogP) is 1.72. The Bertz CT molecular complexity index is 851. The van der Waals surface area contributed by atoms with Crippen LogP contribution in [0.15, 0.2) is 38.3 Å². The number of aromatic amines is 1. The molecule has 0 aliphatic carbocycles. The van der Waals surface area contributed by atoms with E-state index in [0.717, 1.165) is 5.56 Å². The fourth-order valence-corrected chi connectivity index (χ4v) is 2.47. The standard InChI is InChI=1S/C14H12N4O3S/c1-8-2-3-10(14(20)16-8)13(19)15-6-11-17-12(18-21-11)9-4-5-22-7-9/h2-5,7H,6H2,1H3,(H,15,19)(H,16,20). The van der Waals surface area contributed by atoms with Crippen molar-refractivity contribution in [3.63, 3.8) is 0 Å². The van der Waals surface area contributed by atoms with Crippen LogP contribution < -0.4 is 10.9 Å². The maximum atomic E-state index is 12.0. The zero-order valence-corrected chi connectivity index (χ0v) is 12.4. The first kappa shape index (κ1) is 14.2. The molecule has 0 atom stereocenters. The monoisotopic (exact) mass is 316 g/mol. The molecule has 8 heteroatoms. The Hall–Kier alpha value is -2.74. The van der Waals surface area contributed by atoms with Crippen molar-refractivity contribution in [2.75, 3.05) is 0 Å². The number of nitrogens with zero attached hydrogens (tertiary/aromatic N) is 2. The van der Waals surface area contributed by atoms with Gasteiger partial charge in [0.15, 0.2) is 0 Å². The lowest BCUT2D eigenvalue weighted by Gasteiger charge is -2.01. The van der Waals surface area contributed by atoms with E-state index in [1.807, 2.05) is 16.8 Å². The molecule has 0 aromatic carbocycles. The molecule has 3 aromatic rings. The largest absolute Gasteiger partial charge is 0.343 e. The summed E-state index contributed by atoms with van der Waals surface area (Å²) in [6.07, 6.45) is 0. The number of nitrogens with one attached hydrogen (secondary N) is 2. The summed E-state index contributed by atoms with van der Waals surface area (Å²) in [5.41, 5.74) is 1.17. The van der Waals surface area contributed by atoms with Gasteiger partial charge in [0.05, 0.1) is 6.54 Å². The Labute approximate surface area is 129 Å². The van der Waals surface area contributed by atoms with E-state index in [0.29, 0.717) is 11.5 Å². The molecular weight excluding hydrogens is 304 g/mol. The van der Waals surface area contributed by atoms with Gasteiger partial charge >= 0.3 is 0 Å². The number of pyridine rings is 1. The van der Waals surface area contributed by atoms with Gasteiger partial charge in [0.25, 0.3) is 11.5 Å². The first-order valence-electron chi connectivity index (χ1n) is 6.47. The number of thiophene rings is 1. The molecular formula is C14H12N4O3S. The van der Waals surface area contributed by atoms with Crippen LogP contribution in [0.1, 0.15) is 21.9 Å². The molecule has 3 heterocycles. The third-order valence-corrected chi connectivity index (χ3v) is 3.63. The summed E-state index contributed by atoms with van der Waals surface area (Å²) < 4.78 is 5.07. The van der Waals surface area contributed by atoms with E-state index in [1.165, 1.54) is 17.4 Å². The van der Waals surface area contributed by atoms with Crippen LogP contribution in [-0.2, 0) is 6.54 Å². The van der Waals surface area contributed by atoms with Crippen molar-refractivity contribution >= 4 is 17.2 Å². The lowest BCUT2D eigenvalue weighted by molar-refractivity contribution is 0.0944. The van der Waals surface area contributed by atoms with E-state index in [4.69, 9.17) is 4.52 Å². The van der Waals surface area contributed by atoms with Crippen molar-refractivity contribution in [2.24, 2.45) is 0 Å². The lowest BCUT2D eigenvalue weighted by atomic mass is 10.2. The summed E-state index contributed by atoms with van der Waals surface area (Å²) in [6.45, 7) is 1.80. The number of hydrogen-bond acceptors (Lipinski definition) is 6. The Morgan fingerprint density at radius 1 is 1.41 bits per heavy atom. The molecule has 1 amide bonds. The molecule has 0 aliphatic rings. The molecule has 0 unspecified atom stereocenters. The molecule has 0 radical (unpaired) electrons. The Morgan fingerprint density at radius 2 is 2.27 bits per heavy atom. The fourth-order valence-electron chi connectivity index (χ4n) is 1.84. The van der Waals surface area contributed by atoms with Gasteiger partial charge in [-0.1, -0.05) is 5.16 Å². The number of aromatic nitrogens is 3. The van der Waals surface area contributed by atoms with Gasteiger partial charge in [0.2, 0.25) is 11.7 Å². The van der Waals surface area contributed by atoms with Crippen LogP contribution in [0.5, 0.6) is 0 Å². The van der Waals surface area contributed by atoms with E-state index in [-0.39, 0.29) is 18.0 Å². The maximum absolute atomic E-state index is 12.0. The molecule has 112 valence electrons. The van der Waals surface area contributed by atoms with Gasteiger partial charge in [-0.3, -0.25) is 9.59 Å². The third kappa shape index (κ3) is 2.96. The highest BCUT2D eigenvalue weighted by atomic mass is 32.1. The Kier molecular flexibility index (Phi) is 3.84. The predicted molar refractivity (Wildman–Crippen MR) is 80.6 cm³/mol. The Balaban J connectivity index is 1.67. The van der Waals surface area contributed by atoms with Gasteiger partial charge in [-0.2, -0.15) is 16.3 Å². The van der Waals surface area contributed by atoms with Gasteiger partial charge < -0.3 is 14.8 Å².